The molecule has 0 aromatic heterocycles. The summed E-state index contributed by atoms with van der Waals surface area (Å²) in [7, 11) is 0. The first-order valence-electron chi connectivity index (χ1n) is 5.46. The third kappa shape index (κ3) is 3.91. The second-order valence-corrected chi connectivity index (χ2v) is 4.21. The quantitative estimate of drug-likeness (QED) is 0.510. The number of rotatable bonds is 5. The molecule has 0 fully saturated rings. The highest BCUT2D eigenvalue weighted by atomic mass is 19.4. The number of nitrogens with zero attached hydrogens (tertiary/aromatic N) is 2. The zero-order chi connectivity index (χ0) is 16.4. The summed E-state index contributed by atoms with van der Waals surface area (Å²) in [5, 5.41) is 24.1. The first kappa shape index (κ1) is 16.4. The fourth-order valence-electron chi connectivity index (χ4n) is 1.55. The lowest BCUT2D eigenvalue weighted by atomic mass is 10.1. The van der Waals surface area contributed by atoms with E-state index in [4.69, 9.17) is 0 Å². The van der Waals surface area contributed by atoms with Crippen molar-refractivity contribution in [2.75, 3.05) is 11.9 Å². The van der Waals surface area contributed by atoms with Gasteiger partial charge in [0.1, 0.15) is 0 Å². The number of anilines is 1. The molecule has 0 saturated carbocycles. The summed E-state index contributed by atoms with van der Waals surface area (Å²) >= 11 is 0. The van der Waals surface area contributed by atoms with Gasteiger partial charge in [0, 0.05) is 24.4 Å². The van der Waals surface area contributed by atoms with Crippen LogP contribution in [0, 0.1) is 20.2 Å². The van der Waals surface area contributed by atoms with Crippen LogP contribution in [0.1, 0.15) is 12.5 Å². The van der Waals surface area contributed by atoms with Gasteiger partial charge in [-0.1, -0.05) is 12.2 Å². The van der Waals surface area contributed by atoms with Gasteiger partial charge in [-0.2, -0.15) is 13.2 Å². The van der Waals surface area contributed by atoms with Gasteiger partial charge in [0.25, 0.3) is 11.4 Å². The first-order chi connectivity index (χ1) is 9.54. The van der Waals surface area contributed by atoms with Crippen molar-refractivity contribution in [1.29, 1.82) is 0 Å². The lowest BCUT2D eigenvalue weighted by Crippen LogP contribution is -2.13. The summed E-state index contributed by atoms with van der Waals surface area (Å²) in [6.45, 7) is 5.25. The third-order valence-electron chi connectivity index (χ3n) is 2.37. The maximum Gasteiger partial charge on any atom is 0.429 e. The molecule has 0 aliphatic carbocycles. The van der Waals surface area contributed by atoms with Gasteiger partial charge in [0.2, 0.25) is 5.56 Å². The molecule has 7 nitrogen and oxygen atoms in total. The van der Waals surface area contributed by atoms with E-state index in [1.165, 1.54) is 0 Å². The van der Waals surface area contributed by atoms with Crippen molar-refractivity contribution in [2.24, 2.45) is 0 Å². The Bertz CT molecular complexity index is 578. The third-order valence-corrected chi connectivity index (χ3v) is 2.37. The normalized spacial score (nSPS) is 11.0. The molecule has 1 rings (SSSR count). The van der Waals surface area contributed by atoms with Crippen molar-refractivity contribution in [2.45, 2.75) is 13.1 Å². The largest absolute Gasteiger partial charge is 0.429 e. The van der Waals surface area contributed by atoms with Crippen LogP contribution in [-0.2, 0) is 6.18 Å². The molecule has 0 unspecified atom stereocenters. The van der Waals surface area contributed by atoms with Crippen LogP contribution >= 0.6 is 0 Å². The molecular formula is C11H10F3N3O4. The van der Waals surface area contributed by atoms with E-state index in [9.17, 15) is 33.4 Å². The van der Waals surface area contributed by atoms with Crippen LogP contribution in [0.25, 0.3) is 0 Å². The van der Waals surface area contributed by atoms with E-state index in [1.807, 2.05) is 0 Å². The zero-order valence-electron chi connectivity index (χ0n) is 10.7. The van der Waals surface area contributed by atoms with Crippen LogP contribution in [0.4, 0.5) is 30.2 Å². The van der Waals surface area contributed by atoms with Gasteiger partial charge in [-0.05, 0) is 6.92 Å². The predicted octanol–water partition coefficient (Wildman–Crippen LogP) is 3.51. The Balaban J connectivity index is 3.53. The van der Waals surface area contributed by atoms with E-state index in [1.54, 1.807) is 6.92 Å². The van der Waals surface area contributed by atoms with Gasteiger partial charge in [-0.3, -0.25) is 20.2 Å². The lowest BCUT2D eigenvalue weighted by Gasteiger charge is -2.11. The molecule has 0 heterocycles. The van der Waals surface area contributed by atoms with Gasteiger partial charge in [-0.25, -0.2) is 0 Å². The lowest BCUT2D eigenvalue weighted by molar-refractivity contribution is -0.399. The Labute approximate surface area is 116 Å². The first-order valence-corrected chi connectivity index (χ1v) is 5.46. The topological polar surface area (TPSA) is 98.3 Å². The van der Waals surface area contributed by atoms with Gasteiger partial charge < -0.3 is 5.32 Å². The van der Waals surface area contributed by atoms with E-state index < -0.39 is 33.0 Å². The molecule has 0 saturated heterocycles. The number of nitro groups is 2. The van der Waals surface area contributed by atoms with Gasteiger partial charge in [0.15, 0.2) is 0 Å². The number of alkyl halides is 3. The van der Waals surface area contributed by atoms with Crippen LogP contribution in [0.5, 0.6) is 0 Å². The molecule has 0 radical (unpaired) electrons. The van der Waals surface area contributed by atoms with E-state index in [0.29, 0.717) is 17.7 Å². The van der Waals surface area contributed by atoms with E-state index in [2.05, 4.69) is 11.9 Å². The molecule has 1 aromatic rings. The average Bonchev–Trinajstić information content (AvgIpc) is 2.33. The number of halogens is 3. The SMILES string of the molecule is C=C(C)CNc1cc([N+](=O)[O-])c(C(F)(F)F)c([N+](=O)[O-])c1. The van der Waals surface area contributed by atoms with Crippen LogP contribution in [-0.4, -0.2) is 16.4 Å². The van der Waals surface area contributed by atoms with Crippen molar-refractivity contribution in [3.8, 4) is 0 Å². The fourth-order valence-corrected chi connectivity index (χ4v) is 1.55. The summed E-state index contributed by atoms with van der Waals surface area (Å²) < 4.78 is 38.5. The number of nitro benzene ring substituents is 2. The molecular weight excluding hydrogens is 295 g/mol. The predicted molar refractivity (Wildman–Crippen MR) is 68.1 cm³/mol. The maximum absolute atomic E-state index is 12.8. The van der Waals surface area contributed by atoms with Gasteiger partial charge in [-0.15, -0.1) is 0 Å². The molecule has 0 spiro atoms. The average molecular weight is 305 g/mol. The molecule has 1 N–H and O–H groups in total. The van der Waals surface area contributed by atoms with E-state index in [0.717, 1.165) is 0 Å². The molecule has 0 aliphatic rings. The highest BCUT2D eigenvalue weighted by Crippen LogP contribution is 2.43. The fraction of sp³-hybridized carbons (Fsp3) is 0.273. The van der Waals surface area contributed by atoms with Crippen molar-refractivity contribution in [3.63, 3.8) is 0 Å². The number of hydrogen-bond donors (Lipinski definition) is 1. The van der Waals surface area contributed by atoms with Gasteiger partial charge in [0.05, 0.1) is 9.85 Å². The second-order valence-electron chi connectivity index (χ2n) is 4.21. The molecule has 114 valence electrons. The van der Waals surface area contributed by atoms with E-state index >= 15 is 0 Å². The van der Waals surface area contributed by atoms with Crippen LogP contribution in [0.2, 0.25) is 0 Å². The Morgan fingerprint density at radius 3 is 1.95 bits per heavy atom. The minimum Gasteiger partial charge on any atom is -0.381 e. The highest BCUT2D eigenvalue weighted by Gasteiger charge is 2.46. The Hall–Kier alpha value is -2.65. The molecule has 0 amide bonds. The molecule has 0 bridgehead atoms. The summed E-state index contributed by atoms with van der Waals surface area (Å²) in [6, 6.07) is 1.22. The summed E-state index contributed by atoms with van der Waals surface area (Å²) in [6.07, 6.45) is -5.21. The Kier molecular flexibility index (Phi) is 4.51. The molecule has 21 heavy (non-hydrogen) atoms. The smallest absolute Gasteiger partial charge is 0.381 e. The minimum absolute atomic E-state index is 0.111. The van der Waals surface area contributed by atoms with Crippen LogP contribution in [0.3, 0.4) is 0 Å². The summed E-state index contributed by atoms with van der Waals surface area (Å²) in [4.78, 5) is 18.9. The van der Waals surface area contributed by atoms with Crippen molar-refractivity contribution >= 4 is 17.1 Å². The summed E-state index contributed by atoms with van der Waals surface area (Å²) in [5.74, 6) is 0. The second kappa shape index (κ2) is 5.77. The van der Waals surface area contributed by atoms with E-state index in [-0.39, 0.29) is 12.2 Å². The molecule has 1 aromatic carbocycles. The van der Waals surface area contributed by atoms with Crippen LogP contribution < -0.4 is 5.32 Å². The minimum atomic E-state index is -5.21. The Morgan fingerprint density at radius 2 is 1.67 bits per heavy atom. The molecule has 0 aliphatic heterocycles. The molecule has 10 heteroatoms. The molecule has 0 atom stereocenters. The summed E-state index contributed by atoms with van der Waals surface area (Å²) in [5.41, 5.74) is -4.19. The Morgan fingerprint density at radius 1 is 1.24 bits per heavy atom. The van der Waals surface area contributed by atoms with Gasteiger partial charge >= 0.3 is 6.18 Å². The zero-order valence-corrected chi connectivity index (χ0v) is 10.7. The monoisotopic (exact) mass is 305 g/mol. The van der Waals surface area contributed by atoms with Crippen molar-refractivity contribution < 1.29 is 23.0 Å². The standard InChI is InChI=1S/C11H10F3N3O4/c1-6(2)5-15-7-3-8(16(18)19)10(11(12,13)14)9(4-7)17(20)21/h3-4,15H,1,5H2,2H3. The number of nitrogens with one attached hydrogen (secondary N) is 1. The van der Waals surface area contributed by atoms with Crippen molar-refractivity contribution in [3.05, 3.63) is 50.1 Å². The van der Waals surface area contributed by atoms with Crippen LogP contribution in [0.15, 0.2) is 24.3 Å². The van der Waals surface area contributed by atoms with Crippen molar-refractivity contribution in [1.82, 2.24) is 0 Å². The maximum atomic E-state index is 12.8. The highest BCUT2D eigenvalue weighted by molar-refractivity contribution is 5.66. The number of hydrogen-bond acceptors (Lipinski definition) is 5. The number of benzene rings is 1.